The first kappa shape index (κ1) is 21.3. The van der Waals surface area contributed by atoms with Gasteiger partial charge in [0, 0.05) is 41.9 Å². The van der Waals surface area contributed by atoms with Crippen LogP contribution < -0.4 is 16.2 Å². The Morgan fingerprint density at radius 2 is 2.04 bits per heavy atom. The normalized spacial score (nSPS) is 12.7. The number of hydrogen-bond donors (Lipinski definition) is 2. The Labute approximate surface area is 170 Å². The van der Waals surface area contributed by atoms with E-state index in [0.29, 0.717) is 23.1 Å². The average Bonchev–Trinajstić information content (AvgIpc) is 2.62. The zero-order valence-electron chi connectivity index (χ0n) is 15.7. The highest BCUT2D eigenvalue weighted by Crippen LogP contribution is 2.25. The van der Waals surface area contributed by atoms with Gasteiger partial charge in [-0.2, -0.15) is 0 Å². The molecule has 27 heavy (non-hydrogen) atoms. The molecular weight excluding hydrogens is 383 g/mol. The standard InChI is InChI=1S/C20H26Cl2N4O/c1-3-23-20(25-15(2)17-10-9-16(21)14-18(17)22)24-11-5-7-13-26-12-6-4-8-19(26)27/h4,6,8-10,12,14-15H,3,5,7,11,13H2,1-2H3,(H2,23,24,25). The van der Waals surface area contributed by atoms with Crippen LogP contribution in [0.2, 0.25) is 10.0 Å². The average molecular weight is 409 g/mol. The summed E-state index contributed by atoms with van der Waals surface area (Å²) in [5.74, 6) is 0.743. The summed E-state index contributed by atoms with van der Waals surface area (Å²) in [6.45, 7) is 6.21. The Hall–Kier alpha value is -1.98. The van der Waals surface area contributed by atoms with Crippen molar-refractivity contribution in [1.82, 2.24) is 15.2 Å². The molecule has 1 unspecified atom stereocenters. The van der Waals surface area contributed by atoms with Crippen molar-refractivity contribution in [3.63, 3.8) is 0 Å². The van der Waals surface area contributed by atoms with E-state index in [-0.39, 0.29) is 11.6 Å². The van der Waals surface area contributed by atoms with Crippen molar-refractivity contribution < 1.29 is 0 Å². The molecule has 1 aromatic carbocycles. The van der Waals surface area contributed by atoms with Gasteiger partial charge in [0.05, 0.1) is 6.04 Å². The van der Waals surface area contributed by atoms with Gasteiger partial charge in [0.2, 0.25) is 5.56 Å². The number of halogens is 2. The minimum Gasteiger partial charge on any atom is -0.357 e. The van der Waals surface area contributed by atoms with Gasteiger partial charge in [-0.15, -0.1) is 0 Å². The molecule has 0 aliphatic carbocycles. The summed E-state index contributed by atoms with van der Waals surface area (Å²) in [5, 5.41) is 7.87. The minimum atomic E-state index is -0.00420. The van der Waals surface area contributed by atoms with E-state index in [4.69, 9.17) is 23.2 Å². The Bertz CT molecular complexity index is 820. The maximum atomic E-state index is 11.7. The number of hydrogen-bond acceptors (Lipinski definition) is 2. The van der Waals surface area contributed by atoms with E-state index in [0.717, 1.165) is 30.9 Å². The first-order valence-electron chi connectivity index (χ1n) is 9.16. The zero-order chi connectivity index (χ0) is 19.6. The van der Waals surface area contributed by atoms with Crippen molar-refractivity contribution in [2.24, 2.45) is 4.99 Å². The summed E-state index contributed by atoms with van der Waals surface area (Å²) in [7, 11) is 0. The molecule has 0 fully saturated rings. The fraction of sp³-hybridized carbons (Fsp3) is 0.400. The monoisotopic (exact) mass is 408 g/mol. The molecule has 0 amide bonds. The van der Waals surface area contributed by atoms with Crippen molar-refractivity contribution in [3.8, 4) is 0 Å². The van der Waals surface area contributed by atoms with Gasteiger partial charge in [0.25, 0.3) is 0 Å². The molecule has 146 valence electrons. The topological polar surface area (TPSA) is 58.4 Å². The predicted molar refractivity (Wildman–Crippen MR) is 114 cm³/mol. The molecule has 1 heterocycles. The molecule has 0 bridgehead atoms. The van der Waals surface area contributed by atoms with Gasteiger partial charge in [0.15, 0.2) is 5.96 Å². The lowest BCUT2D eigenvalue weighted by Gasteiger charge is -2.19. The molecule has 2 rings (SSSR count). The number of nitrogens with one attached hydrogen (secondary N) is 2. The number of unbranched alkanes of at least 4 members (excludes halogenated alkanes) is 1. The lowest BCUT2D eigenvalue weighted by molar-refractivity contribution is 0.596. The lowest BCUT2D eigenvalue weighted by atomic mass is 10.1. The largest absolute Gasteiger partial charge is 0.357 e. The number of nitrogens with zero attached hydrogens (tertiary/aromatic N) is 2. The number of rotatable bonds is 8. The lowest BCUT2D eigenvalue weighted by Crippen LogP contribution is -2.38. The van der Waals surface area contributed by atoms with Gasteiger partial charge in [-0.1, -0.05) is 35.3 Å². The molecule has 1 aromatic heterocycles. The third-order valence-electron chi connectivity index (χ3n) is 4.10. The third kappa shape index (κ3) is 6.92. The van der Waals surface area contributed by atoms with Gasteiger partial charge in [-0.3, -0.25) is 9.79 Å². The Balaban J connectivity index is 1.87. The summed E-state index contributed by atoms with van der Waals surface area (Å²) in [4.78, 5) is 16.3. The van der Waals surface area contributed by atoms with Crippen LogP contribution in [0.15, 0.2) is 52.4 Å². The van der Waals surface area contributed by atoms with E-state index in [1.165, 1.54) is 0 Å². The van der Waals surface area contributed by atoms with Crippen molar-refractivity contribution in [2.45, 2.75) is 39.3 Å². The van der Waals surface area contributed by atoms with Gasteiger partial charge in [0.1, 0.15) is 0 Å². The Kier molecular flexibility index (Phi) is 8.69. The van der Waals surface area contributed by atoms with Crippen LogP contribution in [0.5, 0.6) is 0 Å². The van der Waals surface area contributed by atoms with E-state index in [1.54, 1.807) is 22.8 Å². The third-order valence-corrected chi connectivity index (χ3v) is 4.66. The molecule has 7 heteroatoms. The molecule has 0 saturated heterocycles. The highest BCUT2D eigenvalue weighted by molar-refractivity contribution is 6.35. The molecule has 0 radical (unpaired) electrons. The molecule has 0 saturated carbocycles. The van der Waals surface area contributed by atoms with Crippen molar-refractivity contribution >= 4 is 29.2 Å². The van der Waals surface area contributed by atoms with E-state index < -0.39 is 0 Å². The first-order chi connectivity index (χ1) is 13.0. The number of guanidine groups is 1. The molecule has 5 nitrogen and oxygen atoms in total. The van der Waals surface area contributed by atoms with Crippen LogP contribution in [0, 0.1) is 0 Å². The second-order valence-electron chi connectivity index (χ2n) is 6.23. The second-order valence-corrected chi connectivity index (χ2v) is 7.08. The molecule has 0 aliphatic rings. The molecule has 1 atom stereocenters. The fourth-order valence-corrected chi connectivity index (χ4v) is 3.26. The SMILES string of the molecule is CCNC(=NCCCCn1ccccc1=O)NC(C)c1ccc(Cl)cc1Cl. The second kappa shape index (κ2) is 11.0. The van der Waals surface area contributed by atoms with Crippen molar-refractivity contribution in [2.75, 3.05) is 13.1 Å². The minimum absolute atomic E-state index is 0.00420. The number of pyridine rings is 1. The quantitative estimate of drug-likeness (QED) is 0.389. The highest BCUT2D eigenvalue weighted by Gasteiger charge is 2.11. The van der Waals surface area contributed by atoms with E-state index in [2.05, 4.69) is 15.6 Å². The number of aryl methyl sites for hydroxylation is 1. The number of aromatic nitrogens is 1. The van der Waals surface area contributed by atoms with Crippen LogP contribution in [0.25, 0.3) is 0 Å². The molecule has 0 spiro atoms. The van der Waals surface area contributed by atoms with Gasteiger partial charge in [-0.25, -0.2) is 0 Å². The predicted octanol–water partition coefficient (Wildman–Crippen LogP) is 4.25. The van der Waals surface area contributed by atoms with E-state index in [9.17, 15) is 4.79 Å². The maximum Gasteiger partial charge on any atom is 0.250 e. The van der Waals surface area contributed by atoms with Crippen LogP contribution in [-0.2, 0) is 6.54 Å². The molecule has 2 N–H and O–H groups in total. The summed E-state index contributed by atoms with van der Waals surface area (Å²) in [6.07, 6.45) is 3.61. The van der Waals surface area contributed by atoms with Crippen LogP contribution in [-0.4, -0.2) is 23.6 Å². The highest BCUT2D eigenvalue weighted by atomic mass is 35.5. The molecule has 2 aromatic rings. The Morgan fingerprint density at radius 3 is 2.74 bits per heavy atom. The smallest absolute Gasteiger partial charge is 0.250 e. The van der Waals surface area contributed by atoms with Crippen LogP contribution in [0.1, 0.15) is 38.3 Å². The summed E-state index contributed by atoms with van der Waals surface area (Å²) < 4.78 is 1.72. The van der Waals surface area contributed by atoms with Crippen LogP contribution in [0.4, 0.5) is 0 Å². The van der Waals surface area contributed by atoms with E-state index >= 15 is 0 Å². The number of aliphatic imine (C=N–C) groups is 1. The summed E-state index contributed by atoms with van der Waals surface area (Å²) >= 11 is 12.3. The number of benzene rings is 1. The zero-order valence-corrected chi connectivity index (χ0v) is 17.2. The summed E-state index contributed by atoms with van der Waals surface area (Å²) in [5.41, 5.74) is 1.000. The van der Waals surface area contributed by atoms with Crippen molar-refractivity contribution in [1.29, 1.82) is 0 Å². The first-order valence-corrected chi connectivity index (χ1v) is 9.92. The van der Waals surface area contributed by atoms with Crippen LogP contribution in [0.3, 0.4) is 0 Å². The van der Waals surface area contributed by atoms with Gasteiger partial charge >= 0.3 is 0 Å². The molecular formula is C20H26Cl2N4O. The summed E-state index contributed by atoms with van der Waals surface area (Å²) in [6, 6.07) is 10.7. The van der Waals surface area contributed by atoms with E-state index in [1.807, 2.05) is 38.2 Å². The van der Waals surface area contributed by atoms with Gasteiger partial charge in [-0.05, 0) is 50.5 Å². The molecule has 0 aliphatic heterocycles. The Morgan fingerprint density at radius 1 is 1.22 bits per heavy atom. The maximum absolute atomic E-state index is 11.7. The van der Waals surface area contributed by atoms with Gasteiger partial charge < -0.3 is 15.2 Å². The van der Waals surface area contributed by atoms with Crippen LogP contribution >= 0.6 is 23.2 Å². The van der Waals surface area contributed by atoms with Crippen molar-refractivity contribution in [3.05, 3.63) is 68.6 Å². The fourth-order valence-electron chi connectivity index (χ4n) is 2.69.